The van der Waals surface area contributed by atoms with Gasteiger partial charge in [0.15, 0.2) is 5.58 Å². The molecule has 58 heavy (non-hydrogen) atoms. The second-order valence-corrected chi connectivity index (χ2v) is 15.8. The van der Waals surface area contributed by atoms with Crippen molar-refractivity contribution in [3.8, 4) is 33.4 Å². The van der Waals surface area contributed by atoms with Gasteiger partial charge in [0.2, 0.25) is 0 Å². The Labute approximate surface area is 338 Å². The van der Waals surface area contributed by atoms with Gasteiger partial charge in [-0.15, -0.1) is 11.3 Å². The minimum atomic E-state index is 0.841. The zero-order chi connectivity index (χ0) is 38.2. The van der Waals surface area contributed by atoms with E-state index in [9.17, 15) is 0 Å². The number of benzene rings is 9. The molecule has 12 rings (SSSR count). The number of nitrogens with zero attached hydrogens (tertiary/aromatic N) is 1. The monoisotopic (exact) mass is 759 g/mol. The van der Waals surface area contributed by atoms with E-state index in [0.29, 0.717) is 0 Å². The average molecular weight is 760 g/mol. The molecule has 0 aliphatic heterocycles. The van der Waals surface area contributed by atoms with Gasteiger partial charge in [-0.1, -0.05) is 146 Å². The van der Waals surface area contributed by atoms with Crippen LogP contribution in [0.2, 0.25) is 0 Å². The lowest BCUT2D eigenvalue weighted by Crippen LogP contribution is -2.10. The molecule has 0 saturated heterocycles. The fraction of sp³-hybridized carbons (Fsp3) is 0. The van der Waals surface area contributed by atoms with Gasteiger partial charge in [0, 0.05) is 58.7 Å². The predicted octanol–water partition coefficient (Wildman–Crippen LogP) is 16.3. The molecule has 0 unspecified atom stereocenters. The molecule has 9 aromatic carbocycles. The second kappa shape index (κ2) is 13.1. The van der Waals surface area contributed by atoms with E-state index in [-0.39, 0.29) is 0 Å². The summed E-state index contributed by atoms with van der Waals surface area (Å²) in [4.78, 5) is 2.34. The Morgan fingerprint density at radius 3 is 1.84 bits per heavy atom. The largest absolute Gasteiger partial charge is 0.456 e. The Kier molecular flexibility index (Phi) is 7.40. The number of fused-ring (bicyclic) bond motifs is 10. The van der Waals surface area contributed by atoms with Gasteiger partial charge in [-0.3, -0.25) is 0 Å². The van der Waals surface area contributed by atoms with Gasteiger partial charge in [0.25, 0.3) is 0 Å². The zero-order valence-electron chi connectivity index (χ0n) is 31.2. The summed E-state index contributed by atoms with van der Waals surface area (Å²) in [5.74, 6) is 0. The first-order valence-electron chi connectivity index (χ1n) is 19.6. The summed E-state index contributed by atoms with van der Waals surface area (Å²) in [7, 11) is 0. The van der Waals surface area contributed by atoms with Crippen molar-refractivity contribution in [2.75, 3.05) is 4.90 Å². The molecule has 0 spiro atoms. The van der Waals surface area contributed by atoms with Crippen molar-refractivity contribution < 1.29 is 8.83 Å². The standard InChI is InChI=1S/C54H33NO2S/c1-3-13-34(14-4-1)35-27-29-38(30-28-35)55(46-24-11-23-44-43-22-10-21-41(52(43)57-53(44)46)36-15-5-2-6-16-36)39-18-9-17-37(33-39)40-20-12-25-47-50(40)51-48(56-47)32-31-45-42-19-7-8-26-49(42)58-54(45)51/h1-33H. The summed E-state index contributed by atoms with van der Waals surface area (Å²) in [6.45, 7) is 0. The zero-order valence-corrected chi connectivity index (χ0v) is 32.0. The van der Waals surface area contributed by atoms with Gasteiger partial charge in [0.1, 0.15) is 16.7 Å². The Morgan fingerprint density at radius 1 is 0.362 bits per heavy atom. The summed E-state index contributed by atoms with van der Waals surface area (Å²) < 4.78 is 16.1. The number of para-hydroxylation sites is 2. The summed E-state index contributed by atoms with van der Waals surface area (Å²) >= 11 is 1.84. The maximum atomic E-state index is 7.01. The highest BCUT2D eigenvalue weighted by molar-refractivity contribution is 7.26. The van der Waals surface area contributed by atoms with Crippen LogP contribution in [0.15, 0.2) is 209 Å². The summed E-state index contributed by atoms with van der Waals surface area (Å²) in [5, 5.41) is 7.02. The van der Waals surface area contributed by atoms with Gasteiger partial charge in [-0.05, 0) is 82.4 Å². The maximum absolute atomic E-state index is 7.01. The van der Waals surface area contributed by atoms with Gasteiger partial charge >= 0.3 is 0 Å². The number of rotatable bonds is 6. The lowest BCUT2D eigenvalue weighted by molar-refractivity contribution is 0.669. The van der Waals surface area contributed by atoms with Crippen LogP contribution in [0, 0.1) is 0 Å². The van der Waals surface area contributed by atoms with E-state index < -0.39 is 0 Å². The Bertz CT molecular complexity index is 3500. The summed E-state index contributed by atoms with van der Waals surface area (Å²) in [6, 6.07) is 71.2. The highest BCUT2D eigenvalue weighted by atomic mass is 32.1. The Morgan fingerprint density at radius 2 is 1.00 bits per heavy atom. The third-order valence-electron chi connectivity index (χ3n) is 11.5. The van der Waals surface area contributed by atoms with E-state index in [1.807, 2.05) is 11.3 Å². The third kappa shape index (κ3) is 5.12. The fourth-order valence-electron chi connectivity index (χ4n) is 8.83. The van der Waals surface area contributed by atoms with Crippen LogP contribution in [0.1, 0.15) is 0 Å². The average Bonchev–Trinajstić information content (AvgIpc) is 3.99. The van der Waals surface area contributed by atoms with Crippen LogP contribution in [-0.2, 0) is 0 Å². The van der Waals surface area contributed by atoms with Gasteiger partial charge in [-0.2, -0.15) is 0 Å². The second-order valence-electron chi connectivity index (χ2n) is 14.8. The summed E-state index contributed by atoms with van der Waals surface area (Å²) in [6.07, 6.45) is 0. The van der Waals surface area contributed by atoms with E-state index in [0.717, 1.165) is 77.8 Å². The van der Waals surface area contributed by atoms with Crippen LogP contribution in [0.3, 0.4) is 0 Å². The van der Waals surface area contributed by atoms with E-state index in [2.05, 4.69) is 205 Å². The minimum absolute atomic E-state index is 0.841. The molecular formula is C54H33NO2S. The molecule has 0 aliphatic carbocycles. The Hall–Kier alpha value is -7.40. The molecule has 0 saturated carbocycles. The van der Waals surface area contributed by atoms with Gasteiger partial charge < -0.3 is 13.7 Å². The molecule has 3 aromatic heterocycles. The lowest BCUT2D eigenvalue weighted by Gasteiger charge is -2.26. The number of furan rings is 2. The van der Waals surface area contributed by atoms with Crippen molar-refractivity contribution in [2.24, 2.45) is 0 Å². The van der Waals surface area contributed by atoms with Gasteiger partial charge in [-0.25, -0.2) is 0 Å². The SMILES string of the molecule is c1ccc(-c2ccc(N(c3cccc(-c4cccc5oc6ccc7c8ccccc8sc7c6c45)c3)c3cccc4c3oc3c(-c5ccccc5)cccc34)cc2)cc1. The van der Waals surface area contributed by atoms with E-state index in [4.69, 9.17) is 8.83 Å². The van der Waals surface area contributed by atoms with Crippen LogP contribution in [0.4, 0.5) is 17.1 Å². The van der Waals surface area contributed by atoms with E-state index in [1.165, 1.54) is 36.7 Å². The van der Waals surface area contributed by atoms with Crippen molar-refractivity contribution in [1.82, 2.24) is 0 Å². The van der Waals surface area contributed by atoms with Crippen LogP contribution in [-0.4, -0.2) is 0 Å². The lowest BCUT2D eigenvalue weighted by atomic mass is 9.98. The molecule has 0 aliphatic rings. The molecule has 272 valence electrons. The van der Waals surface area contributed by atoms with Crippen LogP contribution >= 0.6 is 11.3 Å². The molecule has 0 bridgehead atoms. The van der Waals surface area contributed by atoms with E-state index >= 15 is 0 Å². The summed E-state index contributed by atoms with van der Waals surface area (Å²) in [5.41, 5.74) is 13.3. The molecular weight excluding hydrogens is 727 g/mol. The first kappa shape index (κ1) is 32.8. The molecule has 0 N–H and O–H groups in total. The minimum Gasteiger partial charge on any atom is -0.456 e. The Balaban J connectivity index is 1.08. The molecule has 3 nitrogen and oxygen atoms in total. The van der Waals surface area contributed by atoms with Crippen molar-refractivity contribution >= 4 is 92.4 Å². The van der Waals surface area contributed by atoms with E-state index in [1.54, 1.807) is 0 Å². The van der Waals surface area contributed by atoms with Crippen molar-refractivity contribution in [3.05, 3.63) is 200 Å². The smallest absolute Gasteiger partial charge is 0.159 e. The van der Waals surface area contributed by atoms with Crippen molar-refractivity contribution in [2.45, 2.75) is 0 Å². The molecule has 0 fully saturated rings. The van der Waals surface area contributed by atoms with Crippen molar-refractivity contribution in [1.29, 1.82) is 0 Å². The highest BCUT2D eigenvalue weighted by Gasteiger charge is 2.23. The molecule has 0 atom stereocenters. The van der Waals surface area contributed by atoms with Crippen LogP contribution in [0.5, 0.6) is 0 Å². The number of hydrogen-bond donors (Lipinski definition) is 0. The normalized spacial score (nSPS) is 11.8. The third-order valence-corrected chi connectivity index (χ3v) is 12.7. The number of anilines is 3. The molecule has 4 heteroatoms. The van der Waals surface area contributed by atoms with Crippen LogP contribution in [0.25, 0.3) is 97.4 Å². The number of thiophene rings is 1. The first-order chi connectivity index (χ1) is 28.8. The maximum Gasteiger partial charge on any atom is 0.159 e. The van der Waals surface area contributed by atoms with Crippen molar-refractivity contribution in [3.63, 3.8) is 0 Å². The molecule has 12 aromatic rings. The molecule has 3 heterocycles. The molecule has 0 radical (unpaired) electrons. The molecule has 0 amide bonds. The fourth-order valence-corrected chi connectivity index (χ4v) is 10.1. The highest BCUT2D eigenvalue weighted by Crippen LogP contribution is 2.48. The quantitative estimate of drug-likeness (QED) is 0.169. The predicted molar refractivity (Wildman–Crippen MR) is 245 cm³/mol. The number of hydrogen-bond acceptors (Lipinski definition) is 4. The first-order valence-corrected chi connectivity index (χ1v) is 20.4. The van der Waals surface area contributed by atoms with Gasteiger partial charge in [0.05, 0.1) is 5.69 Å². The van der Waals surface area contributed by atoms with Crippen LogP contribution < -0.4 is 4.90 Å². The topological polar surface area (TPSA) is 29.5 Å².